The molecule has 0 saturated heterocycles. The van der Waals surface area contributed by atoms with Crippen LogP contribution in [0.15, 0.2) is 72.9 Å². The summed E-state index contributed by atoms with van der Waals surface area (Å²) >= 11 is 0. The lowest BCUT2D eigenvalue weighted by molar-refractivity contribution is 0.102. The van der Waals surface area contributed by atoms with E-state index in [-0.39, 0.29) is 5.91 Å². The van der Waals surface area contributed by atoms with Gasteiger partial charge < -0.3 is 10.6 Å². The van der Waals surface area contributed by atoms with Gasteiger partial charge in [-0.3, -0.25) is 4.79 Å². The Bertz CT molecular complexity index is 816. The first-order valence-electron chi connectivity index (χ1n) is 7.37. The highest BCUT2D eigenvalue weighted by molar-refractivity contribution is 6.04. The minimum Gasteiger partial charge on any atom is -0.340 e. The van der Waals surface area contributed by atoms with Crippen molar-refractivity contribution < 1.29 is 4.79 Å². The van der Waals surface area contributed by atoms with Crippen molar-refractivity contribution in [2.24, 2.45) is 0 Å². The molecule has 2 N–H and O–H groups in total. The fourth-order valence-corrected chi connectivity index (χ4v) is 2.24. The van der Waals surface area contributed by atoms with Crippen molar-refractivity contribution in [3.05, 3.63) is 84.1 Å². The van der Waals surface area contributed by atoms with Crippen molar-refractivity contribution in [1.29, 1.82) is 0 Å². The molecule has 0 aliphatic heterocycles. The molecule has 1 heterocycles. The van der Waals surface area contributed by atoms with Gasteiger partial charge in [-0.1, -0.05) is 30.3 Å². The van der Waals surface area contributed by atoms with Crippen LogP contribution in [0.2, 0.25) is 0 Å². The first-order valence-corrected chi connectivity index (χ1v) is 7.37. The number of anilines is 3. The predicted octanol–water partition coefficient (Wildman–Crippen LogP) is 4.39. The van der Waals surface area contributed by atoms with Gasteiger partial charge in [-0.25, -0.2) is 4.98 Å². The van der Waals surface area contributed by atoms with E-state index in [4.69, 9.17) is 0 Å². The summed E-state index contributed by atoms with van der Waals surface area (Å²) in [5, 5.41) is 6.08. The summed E-state index contributed by atoms with van der Waals surface area (Å²) in [5.74, 6) is 0.474. The second-order valence-electron chi connectivity index (χ2n) is 5.24. The number of hydrogen-bond acceptors (Lipinski definition) is 3. The number of nitrogens with zero attached hydrogens (tertiary/aromatic N) is 1. The standard InChI is InChI=1S/C19H17N3O/c1-14-6-5-9-17(12-14)21-18-13-15(10-11-20-18)19(23)22-16-7-3-2-4-8-16/h2-13H,1H3,(H,20,21)(H,22,23). The lowest BCUT2D eigenvalue weighted by atomic mass is 10.2. The van der Waals surface area contributed by atoms with Crippen molar-refractivity contribution in [2.45, 2.75) is 6.92 Å². The van der Waals surface area contributed by atoms with Gasteiger partial charge in [0.2, 0.25) is 0 Å². The molecule has 0 aliphatic rings. The van der Waals surface area contributed by atoms with E-state index in [2.05, 4.69) is 15.6 Å². The Morgan fingerprint density at radius 2 is 1.70 bits per heavy atom. The Hall–Kier alpha value is -3.14. The second kappa shape index (κ2) is 6.75. The minimum absolute atomic E-state index is 0.161. The average Bonchev–Trinajstić information content (AvgIpc) is 2.56. The molecule has 3 aromatic rings. The predicted molar refractivity (Wildman–Crippen MR) is 93.1 cm³/mol. The highest BCUT2D eigenvalue weighted by Gasteiger charge is 2.07. The molecule has 2 aromatic carbocycles. The first-order chi connectivity index (χ1) is 11.2. The Kier molecular flexibility index (Phi) is 4.34. The summed E-state index contributed by atoms with van der Waals surface area (Å²) in [7, 11) is 0. The van der Waals surface area contributed by atoms with E-state index in [0.717, 1.165) is 16.9 Å². The molecule has 0 saturated carbocycles. The molecule has 3 rings (SSSR count). The van der Waals surface area contributed by atoms with Crippen LogP contribution in [0.4, 0.5) is 17.2 Å². The quantitative estimate of drug-likeness (QED) is 0.751. The van der Waals surface area contributed by atoms with E-state index in [1.54, 1.807) is 18.3 Å². The average molecular weight is 303 g/mol. The molecule has 114 valence electrons. The molecule has 0 radical (unpaired) electrons. The minimum atomic E-state index is -0.161. The largest absolute Gasteiger partial charge is 0.340 e. The van der Waals surface area contributed by atoms with Crippen LogP contribution >= 0.6 is 0 Å². The lowest BCUT2D eigenvalue weighted by Gasteiger charge is -2.09. The number of nitrogens with one attached hydrogen (secondary N) is 2. The second-order valence-corrected chi connectivity index (χ2v) is 5.24. The number of para-hydroxylation sites is 1. The van der Waals surface area contributed by atoms with E-state index in [9.17, 15) is 4.79 Å². The van der Waals surface area contributed by atoms with E-state index in [1.807, 2.05) is 61.5 Å². The van der Waals surface area contributed by atoms with Crippen LogP contribution in [-0.2, 0) is 0 Å². The van der Waals surface area contributed by atoms with Crippen LogP contribution in [0.1, 0.15) is 15.9 Å². The number of pyridine rings is 1. The zero-order valence-corrected chi connectivity index (χ0v) is 12.8. The zero-order chi connectivity index (χ0) is 16.1. The Morgan fingerprint density at radius 1 is 0.913 bits per heavy atom. The van der Waals surface area contributed by atoms with Gasteiger partial charge in [-0.15, -0.1) is 0 Å². The summed E-state index contributed by atoms with van der Waals surface area (Å²) in [6.45, 7) is 2.03. The Balaban J connectivity index is 1.75. The van der Waals surface area contributed by atoms with Crippen LogP contribution < -0.4 is 10.6 Å². The van der Waals surface area contributed by atoms with Gasteiger partial charge in [-0.2, -0.15) is 0 Å². The van der Waals surface area contributed by atoms with Gasteiger partial charge in [-0.05, 0) is 48.9 Å². The van der Waals surface area contributed by atoms with Gasteiger partial charge in [0.05, 0.1) is 0 Å². The van der Waals surface area contributed by atoms with Gasteiger partial charge in [0.15, 0.2) is 0 Å². The summed E-state index contributed by atoms with van der Waals surface area (Å²) < 4.78 is 0. The summed E-state index contributed by atoms with van der Waals surface area (Å²) in [5.41, 5.74) is 3.42. The summed E-state index contributed by atoms with van der Waals surface area (Å²) in [4.78, 5) is 16.6. The third-order valence-corrected chi connectivity index (χ3v) is 3.34. The van der Waals surface area contributed by atoms with Gasteiger partial charge in [0.25, 0.3) is 5.91 Å². The maximum absolute atomic E-state index is 12.3. The lowest BCUT2D eigenvalue weighted by Crippen LogP contribution is -2.12. The fourth-order valence-electron chi connectivity index (χ4n) is 2.24. The van der Waals surface area contributed by atoms with Crippen LogP contribution in [0.25, 0.3) is 0 Å². The van der Waals surface area contributed by atoms with Gasteiger partial charge in [0, 0.05) is 23.1 Å². The highest BCUT2D eigenvalue weighted by Crippen LogP contribution is 2.17. The fraction of sp³-hybridized carbons (Fsp3) is 0.0526. The molecule has 0 fully saturated rings. The number of carbonyl (C=O) groups excluding carboxylic acids is 1. The topological polar surface area (TPSA) is 54.0 Å². The number of aryl methyl sites for hydroxylation is 1. The number of hydrogen-bond donors (Lipinski definition) is 2. The molecule has 4 nitrogen and oxygen atoms in total. The monoisotopic (exact) mass is 303 g/mol. The van der Waals surface area contributed by atoms with Crippen molar-refractivity contribution in [2.75, 3.05) is 10.6 Å². The van der Waals surface area contributed by atoms with Crippen LogP contribution in [-0.4, -0.2) is 10.9 Å². The molecule has 23 heavy (non-hydrogen) atoms. The normalized spacial score (nSPS) is 10.1. The van der Waals surface area contributed by atoms with E-state index >= 15 is 0 Å². The Labute approximate surface area is 135 Å². The van der Waals surface area contributed by atoms with Crippen LogP contribution in [0.3, 0.4) is 0 Å². The van der Waals surface area contributed by atoms with Crippen molar-refractivity contribution >= 4 is 23.1 Å². The molecule has 0 unspecified atom stereocenters. The summed E-state index contributed by atoms with van der Waals surface area (Å²) in [6.07, 6.45) is 1.62. The number of aromatic nitrogens is 1. The van der Waals surface area contributed by atoms with Crippen LogP contribution in [0, 0.1) is 6.92 Å². The molecular formula is C19H17N3O. The molecule has 0 spiro atoms. The molecular weight excluding hydrogens is 286 g/mol. The smallest absolute Gasteiger partial charge is 0.255 e. The van der Waals surface area contributed by atoms with E-state index in [1.165, 1.54) is 0 Å². The summed E-state index contributed by atoms with van der Waals surface area (Å²) in [6, 6.07) is 20.8. The zero-order valence-electron chi connectivity index (χ0n) is 12.8. The van der Waals surface area contributed by atoms with Gasteiger partial charge >= 0.3 is 0 Å². The SMILES string of the molecule is Cc1cccc(Nc2cc(C(=O)Nc3ccccc3)ccn2)c1. The highest BCUT2D eigenvalue weighted by atomic mass is 16.1. The molecule has 1 aromatic heterocycles. The number of amides is 1. The van der Waals surface area contributed by atoms with E-state index < -0.39 is 0 Å². The van der Waals surface area contributed by atoms with Crippen molar-refractivity contribution in [1.82, 2.24) is 4.98 Å². The third-order valence-electron chi connectivity index (χ3n) is 3.34. The third kappa shape index (κ3) is 3.95. The molecule has 0 bridgehead atoms. The number of carbonyl (C=O) groups is 1. The maximum Gasteiger partial charge on any atom is 0.255 e. The first kappa shape index (κ1) is 14.8. The van der Waals surface area contributed by atoms with Crippen molar-refractivity contribution in [3.63, 3.8) is 0 Å². The molecule has 0 atom stereocenters. The van der Waals surface area contributed by atoms with Crippen molar-refractivity contribution in [3.8, 4) is 0 Å². The molecule has 4 heteroatoms. The molecule has 1 amide bonds. The van der Waals surface area contributed by atoms with Crippen LogP contribution in [0.5, 0.6) is 0 Å². The Morgan fingerprint density at radius 3 is 2.48 bits per heavy atom. The number of benzene rings is 2. The van der Waals surface area contributed by atoms with Gasteiger partial charge in [0.1, 0.15) is 5.82 Å². The van der Waals surface area contributed by atoms with E-state index in [0.29, 0.717) is 11.4 Å². The maximum atomic E-state index is 12.3. The molecule has 0 aliphatic carbocycles. The number of rotatable bonds is 4.